The van der Waals surface area contributed by atoms with E-state index in [2.05, 4.69) is 25.6 Å². The zero-order valence-electron chi connectivity index (χ0n) is 12.2. The van der Waals surface area contributed by atoms with Crippen LogP contribution < -0.4 is 10.6 Å². The standard InChI is InChI=1S/C15H13FN6O/c1-10-17-6-7-22(10)14-18-8-11(9-19-14)20-15(23)21-13-5-3-2-4-12(13)16/h2-9H,1H3,(H2,20,21,23). The van der Waals surface area contributed by atoms with Crippen molar-refractivity contribution < 1.29 is 9.18 Å². The molecular formula is C15H13FN6O. The van der Waals surface area contributed by atoms with Crippen LogP contribution in [0.3, 0.4) is 0 Å². The minimum Gasteiger partial charge on any atom is -0.305 e. The Morgan fingerprint density at radius 3 is 2.52 bits per heavy atom. The van der Waals surface area contributed by atoms with Gasteiger partial charge in [0.05, 0.1) is 23.8 Å². The minimum absolute atomic E-state index is 0.0941. The molecule has 0 aliphatic heterocycles. The number of halogens is 1. The fourth-order valence-electron chi connectivity index (χ4n) is 1.95. The molecule has 0 unspecified atom stereocenters. The van der Waals surface area contributed by atoms with Crippen molar-refractivity contribution in [3.63, 3.8) is 0 Å². The molecule has 0 aliphatic carbocycles. The molecule has 8 heteroatoms. The SMILES string of the molecule is Cc1nccn1-c1ncc(NC(=O)Nc2ccccc2F)cn1. The van der Waals surface area contributed by atoms with Gasteiger partial charge in [0, 0.05) is 12.4 Å². The van der Waals surface area contributed by atoms with E-state index >= 15 is 0 Å². The van der Waals surface area contributed by atoms with E-state index < -0.39 is 11.8 Å². The average molecular weight is 312 g/mol. The number of nitrogens with one attached hydrogen (secondary N) is 2. The van der Waals surface area contributed by atoms with Crippen molar-refractivity contribution in [1.29, 1.82) is 0 Å². The molecule has 7 nitrogen and oxygen atoms in total. The Morgan fingerprint density at radius 2 is 1.87 bits per heavy atom. The maximum absolute atomic E-state index is 13.5. The van der Waals surface area contributed by atoms with Gasteiger partial charge in [-0.25, -0.2) is 24.1 Å². The van der Waals surface area contributed by atoms with Crippen LogP contribution in [0.4, 0.5) is 20.6 Å². The lowest BCUT2D eigenvalue weighted by molar-refractivity contribution is 0.262. The number of aryl methyl sites for hydroxylation is 1. The Labute approximate surface area is 131 Å². The van der Waals surface area contributed by atoms with Crippen LogP contribution in [0, 0.1) is 12.7 Å². The lowest BCUT2D eigenvalue weighted by Crippen LogP contribution is -2.20. The molecule has 3 aromatic rings. The third-order valence-corrected chi connectivity index (χ3v) is 3.06. The quantitative estimate of drug-likeness (QED) is 0.779. The first kappa shape index (κ1) is 14.6. The van der Waals surface area contributed by atoms with E-state index in [0.717, 1.165) is 5.82 Å². The second-order valence-electron chi connectivity index (χ2n) is 4.68. The molecule has 0 radical (unpaired) electrons. The van der Waals surface area contributed by atoms with E-state index in [1.54, 1.807) is 29.1 Å². The molecule has 0 atom stereocenters. The van der Waals surface area contributed by atoms with E-state index in [1.165, 1.54) is 24.5 Å². The van der Waals surface area contributed by atoms with E-state index in [-0.39, 0.29) is 5.69 Å². The molecule has 23 heavy (non-hydrogen) atoms. The highest BCUT2D eigenvalue weighted by Gasteiger charge is 2.08. The summed E-state index contributed by atoms with van der Waals surface area (Å²) in [6.07, 6.45) is 6.31. The largest absolute Gasteiger partial charge is 0.323 e. The van der Waals surface area contributed by atoms with Crippen LogP contribution in [0.25, 0.3) is 5.95 Å². The van der Waals surface area contributed by atoms with Crippen LogP contribution in [-0.2, 0) is 0 Å². The Bertz CT molecular complexity index is 830. The number of carbonyl (C=O) groups excluding carboxylic acids is 1. The maximum Gasteiger partial charge on any atom is 0.323 e. The Kier molecular flexibility index (Phi) is 3.96. The van der Waals surface area contributed by atoms with Crippen LogP contribution in [0.2, 0.25) is 0 Å². The van der Waals surface area contributed by atoms with Gasteiger partial charge in [0.2, 0.25) is 5.95 Å². The smallest absolute Gasteiger partial charge is 0.305 e. The predicted molar refractivity (Wildman–Crippen MR) is 82.9 cm³/mol. The number of nitrogens with zero attached hydrogens (tertiary/aromatic N) is 4. The van der Waals surface area contributed by atoms with Crippen LogP contribution in [-0.4, -0.2) is 25.6 Å². The van der Waals surface area contributed by atoms with Crippen molar-refractivity contribution in [3.05, 3.63) is 60.7 Å². The molecule has 2 N–H and O–H groups in total. The van der Waals surface area contributed by atoms with Gasteiger partial charge in [0.15, 0.2) is 0 Å². The lowest BCUT2D eigenvalue weighted by atomic mass is 10.3. The predicted octanol–water partition coefficient (Wildman–Crippen LogP) is 2.75. The third-order valence-electron chi connectivity index (χ3n) is 3.06. The molecule has 1 aromatic carbocycles. The first-order valence-corrected chi connectivity index (χ1v) is 6.78. The van der Waals surface area contributed by atoms with E-state index in [1.807, 2.05) is 6.92 Å². The van der Waals surface area contributed by atoms with Crippen molar-refractivity contribution in [2.24, 2.45) is 0 Å². The Balaban J connectivity index is 1.68. The molecule has 2 aromatic heterocycles. The number of rotatable bonds is 3. The number of para-hydroxylation sites is 1. The number of carbonyl (C=O) groups is 1. The van der Waals surface area contributed by atoms with Gasteiger partial charge in [0.25, 0.3) is 0 Å². The summed E-state index contributed by atoms with van der Waals surface area (Å²) >= 11 is 0. The summed E-state index contributed by atoms with van der Waals surface area (Å²) in [6, 6.07) is 5.33. The lowest BCUT2D eigenvalue weighted by Gasteiger charge is -2.08. The molecule has 0 saturated carbocycles. The fraction of sp³-hybridized carbons (Fsp3) is 0.0667. The molecule has 0 fully saturated rings. The third kappa shape index (κ3) is 3.31. The summed E-state index contributed by atoms with van der Waals surface area (Å²) in [5.74, 6) is 0.688. The molecule has 116 valence electrons. The molecule has 0 aliphatic rings. The normalized spacial score (nSPS) is 10.3. The first-order chi connectivity index (χ1) is 11.1. The van der Waals surface area contributed by atoms with Gasteiger partial charge in [0.1, 0.15) is 11.6 Å². The van der Waals surface area contributed by atoms with Crippen molar-refractivity contribution in [2.45, 2.75) is 6.92 Å². The Hall–Kier alpha value is -3.29. The van der Waals surface area contributed by atoms with Crippen molar-refractivity contribution >= 4 is 17.4 Å². The summed E-state index contributed by atoms with van der Waals surface area (Å²) in [5.41, 5.74) is 0.483. The first-order valence-electron chi connectivity index (χ1n) is 6.78. The fourth-order valence-corrected chi connectivity index (χ4v) is 1.95. The van der Waals surface area contributed by atoms with E-state index in [0.29, 0.717) is 11.6 Å². The van der Waals surface area contributed by atoms with Crippen molar-refractivity contribution in [2.75, 3.05) is 10.6 Å². The zero-order chi connectivity index (χ0) is 16.2. The number of amides is 2. The molecule has 0 spiro atoms. The highest BCUT2D eigenvalue weighted by Crippen LogP contribution is 2.13. The Morgan fingerprint density at radius 1 is 1.13 bits per heavy atom. The van der Waals surface area contributed by atoms with Crippen LogP contribution in [0.5, 0.6) is 0 Å². The summed E-state index contributed by atoms with van der Waals surface area (Å²) in [5, 5.41) is 4.95. The second kappa shape index (κ2) is 6.22. The van der Waals surface area contributed by atoms with E-state index in [4.69, 9.17) is 0 Å². The van der Waals surface area contributed by atoms with Gasteiger partial charge < -0.3 is 10.6 Å². The number of anilines is 2. The van der Waals surface area contributed by atoms with Gasteiger partial charge in [-0.2, -0.15) is 0 Å². The number of aromatic nitrogens is 4. The van der Waals surface area contributed by atoms with Gasteiger partial charge in [-0.15, -0.1) is 0 Å². The number of urea groups is 1. The monoisotopic (exact) mass is 312 g/mol. The van der Waals surface area contributed by atoms with Gasteiger partial charge >= 0.3 is 6.03 Å². The highest BCUT2D eigenvalue weighted by molar-refractivity contribution is 5.99. The second-order valence-corrected chi connectivity index (χ2v) is 4.68. The summed E-state index contributed by atoms with van der Waals surface area (Å²) in [7, 11) is 0. The van der Waals surface area contributed by atoms with Crippen LogP contribution in [0.15, 0.2) is 49.1 Å². The topological polar surface area (TPSA) is 84.7 Å². The zero-order valence-corrected chi connectivity index (χ0v) is 12.2. The van der Waals surface area contributed by atoms with Gasteiger partial charge in [-0.1, -0.05) is 12.1 Å². The average Bonchev–Trinajstić information content (AvgIpc) is 2.96. The summed E-state index contributed by atoms with van der Waals surface area (Å²) in [6.45, 7) is 1.83. The molecule has 0 saturated heterocycles. The molecular weight excluding hydrogens is 299 g/mol. The summed E-state index contributed by atoms with van der Waals surface area (Å²) < 4.78 is 15.2. The molecule has 3 rings (SSSR count). The summed E-state index contributed by atoms with van der Waals surface area (Å²) in [4.78, 5) is 24.2. The van der Waals surface area contributed by atoms with Crippen LogP contribution in [0.1, 0.15) is 5.82 Å². The minimum atomic E-state index is -0.578. The molecule has 2 amide bonds. The number of hydrogen-bond acceptors (Lipinski definition) is 4. The highest BCUT2D eigenvalue weighted by atomic mass is 19.1. The van der Waals surface area contributed by atoms with Gasteiger partial charge in [-0.05, 0) is 19.1 Å². The number of benzene rings is 1. The van der Waals surface area contributed by atoms with Crippen molar-refractivity contribution in [3.8, 4) is 5.95 Å². The maximum atomic E-state index is 13.5. The number of imidazole rings is 1. The van der Waals surface area contributed by atoms with E-state index in [9.17, 15) is 9.18 Å². The molecule has 2 heterocycles. The number of hydrogen-bond donors (Lipinski definition) is 2. The van der Waals surface area contributed by atoms with Crippen LogP contribution >= 0.6 is 0 Å². The molecule has 0 bridgehead atoms. The van der Waals surface area contributed by atoms with Gasteiger partial charge in [-0.3, -0.25) is 4.57 Å². The van der Waals surface area contributed by atoms with Crippen molar-refractivity contribution in [1.82, 2.24) is 19.5 Å².